The fourth-order valence-corrected chi connectivity index (χ4v) is 9.56. The van der Waals surface area contributed by atoms with Crippen LogP contribution in [0.25, 0.3) is 83.9 Å². The van der Waals surface area contributed by atoms with Gasteiger partial charge in [-0.25, -0.2) is 4.98 Å². The number of benzene rings is 7. The number of aromatic hydroxyl groups is 1. The van der Waals surface area contributed by atoms with Crippen LogP contribution < -0.4 is 0 Å². The number of rotatable bonds is 9. The van der Waals surface area contributed by atoms with Crippen molar-refractivity contribution in [3.05, 3.63) is 191 Å². The van der Waals surface area contributed by atoms with Crippen LogP contribution in [0.15, 0.2) is 152 Å². The fraction of sp³-hybridized carbons (Fsp3) is 0.284. The summed E-state index contributed by atoms with van der Waals surface area (Å²) < 4.78 is 63.0. The van der Waals surface area contributed by atoms with E-state index in [4.69, 9.17) is 19.6 Å². The first kappa shape index (κ1) is 43.2. The van der Waals surface area contributed by atoms with Crippen molar-refractivity contribution in [2.24, 2.45) is 0 Å². The van der Waals surface area contributed by atoms with E-state index in [1.54, 1.807) is 18.3 Å². The Labute approximate surface area is 453 Å². The molecule has 5 heteroatoms. The van der Waals surface area contributed by atoms with Crippen molar-refractivity contribution >= 4 is 11.0 Å². The topological polar surface area (TPSA) is 50.9 Å². The van der Waals surface area contributed by atoms with E-state index < -0.39 is 12.3 Å². The number of hydrogen-bond donors (Lipinski definition) is 1. The maximum Gasteiger partial charge on any atom is 0.148 e. The number of phenolic OH excluding ortho intramolecular Hbond substituents is 1. The van der Waals surface area contributed by atoms with Crippen molar-refractivity contribution in [3.63, 3.8) is 0 Å². The smallest absolute Gasteiger partial charge is 0.148 e. The summed E-state index contributed by atoms with van der Waals surface area (Å²) in [5.74, 6) is 1.01. The number of nitrogens with zero attached hydrogens (tertiary/aromatic N) is 3. The molecular formula is C67H70N3OPt-. The van der Waals surface area contributed by atoms with E-state index in [1.807, 2.05) is 18.2 Å². The standard InChI is InChI=1S/C67H70N3O.Pt/c1-41(2)48-38-55(42(3)4)63(71)56(39-48)64-69-62-54(49-35-50(37-52(36-49)66(9,10)11)58-40-46(32-33-68-58)44-26-29-51(30-27-44)65(6,7)8)23-19-25-60(62)70(64)59-31-28-47(34-43(59)5)61-53(45-20-16-15-17-21-45)22-18-24-57(61)67(12,13)14;/h15-34,36-42,71H,1-14H3;/q-1;/i6D3,26D,27D,29D,30D;. The molecule has 7 aromatic carbocycles. The van der Waals surface area contributed by atoms with Crippen LogP contribution in [-0.2, 0) is 37.3 Å². The van der Waals surface area contributed by atoms with E-state index >= 15 is 0 Å². The fourth-order valence-electron chi connectivity index (χ4n) is 9.56. The van der Waals surface area contributed by atoms with Crippen LogP contribution in [0.5, 0.6) is 5.75 Å². The summed E-state index contributed by atoms with van der Waals surface area (Å²) >= 11 is 0. The quantitative estimate of drug-likeness (QED) is 0.147. The number of aromatic nitrogens is 3. The van der Waals surface area contributed by atoms with E-state index in [2.05, 4.69) is 178 Å². The molecule has 0 bridgehead atoms. The third kappa shape index (κ3) is 10.2. The monoisotopic (exact) mass is 1130 g/mol. The molecule has 0 atom stereocenters. The van der Waals surface area contributed by atoms with E-state index in [0.29, 0.717) is 33.7 Å². The van der Waals surface area contributed by atoms with Gasteiger partial charge in [0.15, 0.2) is 0 Å². The first-order valence-corrected chi connectivity index (χ1v) is 24.9. The molecule has 4 nitrogen and oxygen atoms in total. The summed E-state index contributed by atoms with van der Waals surface area (Å²) in [7, 11) is 0. The molecule has 72 heavy (non-hydrogen) atoms. The second-order valence-electron chi connectivity index (χ2n) is 22.4. The average molecular weight is 1140 g/mol. The van der Waals surface area contributed by atoms with Gasteiger partial charge < -0.3 is 5.11 Å². The van der Waals surface area contributed by atoms with E-state index in [-0.39, 0.29) is 84.8 Å². The van der Waals surface area contributed by atoms with Gasteiger partial charge in [-0.15, -0.1) is 29.3 Å². The predicted molar refractivity (Wildman–Crippen MR) is 301 cm³/mol. The first-order valence-electron chi connectivity index (χ1n) is 28.4. The number of imidazole rings is 1. The summed E-state index contributed by atoms with van der Waals surface area (Å²) in [6, 6.07) is 44.1. The minimum absolute atomic E-state index is 0. The molecule has 2 aromatic heterocycles. The van der Waals surface area contributed by atoms with Crippen molar-refractivity contribution in [1.29, 1.82) is 0 Å². The predicted octanol–water partition coefficient (Wildman–Crippen LogP) is 18.4. The van der Waals surface area contributed by atoms with Crippen LogP contribution in [0.3, 0.4) is 0 Å². The molecule has 1 N–H and O–H groups in total. The first-order chi connectivity index (χ1) is 36.5. The molecule has 0 amide bonds. The number of hydrogen-bond acceptors (Lipinski definition) is 3. The summed E-state index contributed by atoms with van der Waals surface area (Å²) in [6.07, 6.45) is 1.59. The Bertz CT molecular complexity index is 3780. The molecule has 9 aromatic rings. The molecule has 0 aliphatic carbocycles. The molecule has 0 saturated carbocycles. The van der Waals surface area contributed by atoms with Crippen LogP contribution in [0.4, 0.5) is 0 Å². The van der Waals surface area contributed by atoms with Crippen LogP contribution in [-0.4, -0.2) is 19.6 Å². The Kier molecular flexibility index (Phi) is 12.0. The zero-order valence-corrected chi connectivity index (χ0v) is 46.2. The molecular weight excluding hydrogens is 1060 g/mol. The number of pyridine rings is 1. The van der Waals surface area contributed by atoms with Crippen molar-refractivity contribution in [2.75, 3.05) is 0 Å². The van der Waals surface area contributed by atoms with Gasteiger partial charge in [0.2, 0.25) is 0 Å². The van der Waals surface area contributed by atoms with Crippen molar-refractivity contribution < 1.29 is 35.8 Å². The Morgan fingerprint density at radius 1 is 0.611 bits per heavy atom. The normalized spacial score (nSPS) is 13.8. The molecule has 0 radical (unpaired) electrons. The van der Waals surface area contributed by atoms with Gasteiger partial charge in [-0.1, -0.05) is 204 Å². The van der Waals surface area contributed by atoms with Gasteiger partial charge in [0.05, 0.1) is 27.8 Å². The molecule has 9 rings (SSSR count). The van der Waals surface area contributed by atoms with Gasteiger partial charge in [-0.05, 0) is 127 Å². The third-order valence-corrected chi connectivity index (χ3v) is 13.7. The second kappa shape index (κ2) is 19.9. The van der Waals surface area contributed by atoms with E-state index in [1.165, 1.54) is 25.0 Å². The van der Waals surface area contributed by atoms with Gasteiger partial charge in [-0.2, -0.15) is 0 Å². The minimum Gasteiger partial charge on any atom is -0.507 e. The zero-order chi connectivity index (χ0) is 56.7. The number of para-hydroxylation sites is 1. The van der Waals surface area contributed by atoms with Gasteiger partial charge in [0, 0.05) is 37.1 Å². The molecule has 0 aliphatic heterocycles. The summed E-state index contributed by atoms with van der Waals surface area (Å²) in [5, 5.41) is 12.4. The van der Waals surface area contributed by atoms with E-state index in [9.17, 15) is 5.11 Å². The van der Waals surface area contributed by atoms with Gasteiger partial charge >= 0.3 is 0 Å². The van der Waals surface area contributed by atoms with Crippen molar-refractivity contribution in [3.8, 4) is 78.6 Å². The Balaban J connectivity index is 0.00000822. The largest absolute Gasteiger partial charge is 0.507 e. The molecule has 0 spiro atoms. The van der Waals surface area contributed by atoms with Crippen LogP contribution in [0, 0.1) is 13.0 Å². The number of phenols is 1. The molecule has 0 saturated heterocycles. The summed E-state index contributed by atoms with van der Waals surface area (Å²) in [4.78, 5) is 10.4. The second-order valence-corrected chi connectivity index (χ2v) is 22.4. The van der Waals surface area contributed by atoms with Gasteiger partial charge in [0.1, 0.15) is 11.6 Å². The van der Waals surface area contributed by atoms with Gasteiger partial charge in [-0.3, -0.25) is 9.55 Å². The molecule has 2 heterocycles. The maximum atomic E-state index is 12.4. The number of aryl methyl sites for hydroxylation is 1. The number of fused-ring (bicyclic) bond motifs is 1. The third-order valence-electron chi connectivity index (χ3n) is 13.7. The van der Waals surface area contributed by atoms with Crippen molar-refractivity contribution in [2.45, 2.75) is 125 Å². The van der Waals surface area contributed by atoms with Crippen LogP contribution in [0.2, 0.25) is 0 Å². The van der Waals surface area contributed by atoms with Crippen molar-refractivity contribution in [1.82, 2.24) is 14.5 Å². The Morgan fingerprint density at radius 3 is 1.96 bits per heavy atom. The summed E-state index contributed by atoms with van der Waals surface area (Å²) in [6.45, 7) is 24.2. The zero-order valence-electron chi connectivity index (χ0n) is 50.9. The van der Waals surface area contributed by atoms with Crippen LogP contribution in [0.1, 0.15) is 145 Å². The Hall–Kier alpha value is -6.35. The minimum atomic E-state index is -2.58. The molecule has 0 fully saturated rings. The van der Waals surface area contributed by atoms with Gasteiger partial charge in [0.25, 0.3) is 0 Å². The summed E-state index contributed by atoms with van der Waals surface area (Å²) in [5.41, 5.74) is 13.8. The maximum absolute atomic E-state index is 12.4. The Morgan fingerprint density at radius 2 is 1.31 bits per heavy atom. The molecule has 0 aliphatic rings. The average Bonchev–Trinajstić information content (AvgIpc) is 3.88. The SMILES string of the molecule is [2H]c1c([2H])c(C(C)(C)C([2H])([2H])[2H])c([2H])c([2H])c1-c1ccnc(-c2[c-]c(-c3cccc4c3nc(-c3cc(C(C)C)cc(C(C)C)c3O)n4-c3ccc(-c4c(-c5ccccc5)cccc4C(C)(C)C)cc3C)cc(C(C)(C)C)c2)c1.[Pt]. The van der Waals surface area contributed by atoms with Crippen LogP contribution >= 0.6 is 0 Å². The molecule has 370 valence electrons. The molecule has 0 unspecified atom stereocenters. The van der Waals surface area contributed by atoms with E-state index in [0.717, 1.165) is 61.3 Å².